The highest BCUT2D eigenvalue weighted by atomic mass is 16.5. The van der Waals surface area contributed by atoms with Gasteiger partial charge in [-0.1, -0.05) is 0 Å². The number of aryl methyl sites for hydroxylation is 2. The number of nitrogens with one attached hydrogen (secondary N) is 2. The van der Waals surface area contributed by atoms with Crippen LogP contribution < -0.4 is 28.4 Å². The lowest BCUT2D eigenvalue weighted by Crippen LogP contribution is -1.97. The second-order valence-electron chi connectivity index (χ2n) is 7.22. The van der Waals surface area contributed by atoms with Crippen LogP contribution in [0.25, 0.3) is 21.8 Å². The van der Waals surface area contributed by atoms with Gasteiger partial charge in [0.15, 0.2) is 34.5 Å². The molecule has 0 radical (unpaired) electrons. The normalized spacial score (nSPS) is 11.1. The Morgan fingerprint density at radius 1 is 0.500 bits per heavy atom. The van der Waals surface area contributed by atoms with Gasteiger partial charge in [-0.05, 0) is 37.1 Å². The third kappa shape index (κ3) is 3.32. The number of methoxy groups -OCH3 is 6. The lowest BCUT2D eigenvalue weighted by atomic mass is 10.1. The van der Waals surface area contributed by atoms with Gasteiger partial charge < -0.3 is 38.4 Å². The minimum Gasteiger partial charge on any atom is -0.494 e. The largest absolute Gasteiger partial charge is 0.494 e. The first kappa shape index (κ1) is 21.5. The molecule has 0 aliphatic carbocycles. The van der Waals surface area contributed by atoms with Crippen molar-refractivity contribution in [3.8, 4) is 34.5 Å². The van der Waals surface area contributed by atoms with Gasteiger partial charge in [0.05, 0.1) is 75.9 Å². The summed E-state index contributed by atoms with van der Waals surface area (Å²) in [6.45, 7) is 0. The molecule has 0 saturated carbocycles. The minimum absolute atomic E-state index is 0.643. The molecule has 0 bridgehead atoms. The van der Waals surface area contributed by atoms with Crippen LogP contribution in [0.2, 0.25) is 0 Å². The van der Waals surface area contributed by atoms with Crippen LogP contribution in [0.15, 0.2) is 24.3 Å². The maximum absolute atomic E-state index is 5.77. The molecule has 170 valence electrons. The second kappa shape index (κ2) is 8.82. The summed E-state index contributed by atoms with van der Waals surface area (Å²) >= 11 is 0. The first-order chi connectivity index (χ1) is 15.6. The molecular formula is C24H28N2O6. The number of benzene rings is 2. The maximum Gasteiger partial charge on any atom is 0.173 e. The highest BCUT2D eigenvalue weighted by molar-refractivity contribution is 5.96. The molecule has 2 heterocycles. The molecule has 32 heavy (non-hydrogen) atoms. The second-order valence-corrected chi connectivity index (χ2v) is 7.22. The summed E-state index contributed by atoms with van der Waals surface area (Å²) in [6, 6.07) is 7.68. The molecule has 0 spiro atoms. The fourth-order valence-corrected chi connectivity index (χ4v) is 4.31. The molecule has 0 atom stereocenters. The molecule has 8 heteroatoms. The van der Waals surface area contributed by atoms with Crippen LogP contribution in [0.5, 0.6) is 34.5 Å². The van der Waals surface area contributed by atoms with Crippen molar-refractivity contribution in [2.45, 2.75) is 12.8 Å². The van der Waals surface area contributed by atoms with Crippen molar-refractivity contribution in [1.82, 2.24) is 9.97 Å². The standard InChI is InChI=1S/C24H28N2O6/c1-27-17-11-9-13-19(23(17)31-5)21(29-3)15(25-13)7-8-16-22(30-4)20-14(26-16)10-12-18(28-2)24(20)32-6/h9-12,25-26H,7-8H2,1-6H3. The van der Waals surface area contributed by atoms with Gasteiger partial charge in [0, 0.05) is 0 Å². The van der Waals surface area contributed by atoms with Crippen molar-refractivity contribution in [1.29, 1.82) is 0 Å². The van der Waals surface area contributed by atoms with E-state index in [-0.39, 0.29) is 0 Å². The molecule has 0 saturated heterocycles. The maximum atomic E-state index is 5.77. The van der Waals surface area contributed by atoms with E-state index in [1.54, 1.807) is 42.7 Å². The van der Waals surface area contributed by atoms with E-state index in [9.17, 15) is 0 Å². The smallest absolute Gasteiger partial charge is 0.173 e. The van der Waals surface area contributed by atoms with Gasteiger partial charge in [-0.25, -0.2) is 0 Å². The van der Waals surface area contributed by atoms with Gasteiger partial charge in [0.1, 0.15) is 0 Å². The molecule has 2 aromatic heterocycles. The van der Waals surface area contributed by atoms with E-state index in [0.717, 1.165) is 44.7 Å². The molecule has 0 fully saturated rings. The zero-order chi connectivity index (χ0) is 22.8. The highest BCUT2D eigenvalue weighted by Gasteiger charge is 2.22. The summed E-state index contributed by atoms with van der Waals surface area (Å²) in [5, 5.41) is 1.72. The molecule has 4 aromatic rings. The van der Waals surface area contributed by atoms with Crippen LogP contribution in [0.4, 0.5) is 0 Å². The quantitative estimate of drug-likeness (QED) is 0.399. The molecule has 2 aromatic carbocycles. The number of aromatic amines is 2. The fourth-order valence-electron chi connectivity index (χ4n) is 4.31. The molecule has 0 aliphatic rings. The molecule has 2 N–H and O–H groups in total. The SMILES string of the molecule is COc1ccc2[nH]c(CCc3[nH]c4ccc(OC)c(OC)c4c3OC)c(OC)c2c1OC. The van der Waals surface area contributed by atoms with Crippen LogP contribution >= 0.6 is 0 Å². The van der Waals surface area contributed by atoms with Gasteiger partial charge in [-0.3, -0.25) is 0 Å². The van der Waals surface area contributed by atoms with Gasteiger partial charge in [0.2, 0.25) is 0 Å². The number of rotatable bonds is 9. The minimum atomic E-state index is 0.643. The molecular weight excluding hydrogens is 412 g/mol. The van der Waals surface area contributed by atoms with Crippen LogP contribution in [0.3, 0.4) is 0 Å². The third-order valence-corrected chi connectivity index (χ3v) is 5.70. The van der Waals surface area contributed by atoms with Crippen LogP contribution in [0.1, 0.15) is 11.4 Å². The Morgan fingerprint density at radius 2 is 0.875 bits per heavy atom. The monoisotopic (exact) mass is 440 g/mol. The number of aromatic nitrogens is 2. The predicted octanol–water partition coefficient (Wildman–Crippen LogP) is 4.49. The summed E-state index contributed by atoms with van der Waals surface area (Å²) in [7, 11) is 9.81. The first-order valence-electron chi connectivity index (χ1n) is 10.2. The van der Waals surface area contributed by atoms with Crippen molar-refractivity contribution in [3.05, 3.63) is 35.7 Å². The zero-order valence-electron chi connectivity index (χ0n) is 19.2. The van der Waals surface area contributed by atoms with Gasteiger partial charge in [-0.2, -0.15) is 0 Å². The van der Waals surface area contributed by atoms with E-state index >= 15 is 0 Å². The topological polar surface area (TPSA) is 87.0 Å². The number of hydrogen-bond donors (Lipinski definition) is 2. The third-order valence-electron chi connectivity index (χ3n) is 5.70. The lowest BCUT2D eigenvalue weighted by Gasteiger charge is -2.10. The molecule has 4 rings (SSSR count). The summed E-state index contributed by atoms with van der Waals surface area (Å²) in [6.07, 6.45) is 1.37. The summed E-state index contributed by atoms with van der Waals surface area (Å²) in [5.41, 5.74) is 3.76. The van der Waals surface area contributed by atoms with E-state index in [1.165, 1.54) is 0 Å². The number of fused-ring (bicyclic) bond motifs is 2. The average Bonchev–Trinajstić information content (AvgIpc) is 3.37. The Hall–Kier alpha value is -3.68. The van der Waals surface area contributed by atoms with E-state index < -0.39 is 0 Å². The Morgan fingerprint density at radius 3 is 1.19 bits per heavy atom. The van der Waals surface area contributed by atoms with Gasteiger partial charge >= 0.3 is 0 Å². The summed E-state index contributed by atoms with van der Waals surface area (Å²) in [5.74, 6) is 4.08. The van der Waals surface area contributed by atoms with Crippen molar-refractivity contribution in [2.75, 3.05) is 42.7 Å². The zero-order valence-corrected chi connectivity index (χ0v) is 19.2. The number of hydrogen-bond acceptors (Lipinski definition) is 6. The molecule has 0 unspecified atom stereocenters. The van der Waals surface area contributed by atoms with E-state index in [1.807, 2.05) is 24.3 Å². The van der Waals surface area contributed by atoms with Crippen molar-refractivity contribution >= 4 is 21.8 Å². The van der Waals surface area contributed by atoms with Gasteiger partial charge in [0.25, 0.3) is 0 Å². The highest BCUT2D eigenvalue weighted by Crippen LogP contribution is 2.45. The number of H-pyrrole nitrogens is 2. The Kier molecular flexibility index (Phi) is 5.94. The van der Waals surface area contributed by atoms with Gasteiger partial charge in [-0.15, -0.1) is 0 Å². The summed E-state index contributed by atoms with van der Waals surface area (Å²) in [4.78, 5) is 6.93. The Balaban J connectivity index is 1.75. The van der Waals surface area contributed by atoms with Crippen LogP contribution in [0, 0.1) is 0 Å². The Labute approximate surface area is 186 Å². The molecule has 0 amide bonds. The number of ether oxygens (including phenoxy) is 6. The fraction of sp³-hybridized carbons (Fsp3) is 0.333. The van der Waals surface area contributed by atoms with E-state index in [4.69, 9.17) is 28.4 Å². The van der Waals surface area contributed by atoms with Crippen molar-refractivity contribution < 1.29 is 28.4 Å². The lowest BCUT2D eigenvalue weighted by molar-refractivity contribution is 0.356. The Bertz CT molecular complexity index is 1160. The van der Waals surface area contributed by atoms with Crippen molar-refractivity contribution in [2.24, 2.45) is 0 Å². The van der Waals surface area contributed by atoms with Crippen molar-refractivity contribution in [3.63, 3.8) is 0 Å². The van der Waals surface area contributed by atoms with Crippen LogP contribution in [-0.2, 0) is 12.8 Å². The predicted molar refractivity (Wildman–Crippen MR) is 123 cm³/mol. The average molecular weight is 440 g/mol. The summed E-state index contributed by atoms with van der Waals surface area (Å²) < 4.78 is 33.7. The van der Waals surface area contributed by atoms with E-state index in [2.05, 4.69) is 9.97 Å². The molecule has 8 nitrogen and oxygen atoms in total. The first-order valence-corrected chi connectivity index (χ1v) is 10.2. The van der Waals surface area contributed by atoms with E-state index in [0.29, 0.717) is 35.8 Å². The molecule has 0 aliphatic heterocycles. The van der Waals surface area contributed by atoms with Crippen LogP contribution in [-0.4, -0.2) is 52.6 Å².